The molecule has 0 saturated heterocycles. The zero-order valence-corrected chi connectivity index (χ0v) is 16.9. The van der Waals surface area contributed by atoms with E-state index in [1.807, 2.05) is 18.2 Å². The minimum Gasteiger partial charge on any atom is -0.467 e. The smallest absolute Gasteiger partial charge is 0.230 e. The van der Waals surface area contributed by atoms with Crippen molar-refractivity contribution in [3.05, 3.63) is 48.7 Å². The summed E-state index contributed by atoms with van der Waals surface area (Å²) in [5.41, 5.74) is 0.967. The molecule has 0 bridgehead atoms. The molecule has 0 aliphatic carbocycles. The van der Waals surface area contributed by atoms with E-state index in [-0.39, 0.29) is 11.7 Å². The Labute approximate surface area is 168 Å². The number of amides is 1. The topological polar surface area (TPSA) is 90.3 Å². The number of quaternary nitrogens is 1. The molecule has 28 heavy (non-hydrogen) atoms. The van der Waals surface area contributed by atoms with Crippen molar-refractivity contribution in [3.8, 4) is 11.4 Å². The van der Waals surface area contributed by atoms with Gasteiger partial charge in [0.1, 0.15) is 5.76 Å². The van der Waals surface area contributed by atoms with Crippen LogP contribution in [0.15, 0.2) is 52.5 Å². The molecule has 0 spiro atoms. The summed E-state index contributed by atoms with van der Waals surface area (Å²) in [7, 11) is 4.27. The first kappa shape index (κ1) is 20.1. The van der Waals surface area contributed by atoms with Crippen LogP contribution in [-0.4, -0.2) is 52.0 Å². The second-order valence-corrected chi connectivity index (χ2v) is 7.59. The Bertz CT molecular complexity index is 864. The molecule has 3 heterocycles. The van der Waals surface area contributed by atoms with Crippen LogP contribution in [-0.2, 0) is 17.9 Å². The summed E-state index contributed by atoms with van der Waals surface area (Å²) < 4.78 is 7.31. The van der Waals surface area contributed by atoms with E-state index in [4.69, 9.17) is 4.42 Å². The molecule has 3 aromatic rings. The highest BCUT2D eigenvalue weighted by atomic mass is 32.2. The summed E-state index contributed by atoms with van der Waals surface area (Å²) in [4.78, 5) is 17.6. The summed E-state index contributed by atoms with van der Waals surface area (Å²) in [6.07, 6.45) is 6.08. The van der Waals surface area contributed by atoms with Gasteiger partial charge in [-0.05, 0) is 24.3 Å². The van der Waals surface area contributed by atoms with Crippen molar-refractivity contribution in [2.45, 2.75) is 24.7 Å². The standard InChI is InChI=1S/C19H24N6O2S/c1-24(2)10-4-11-25-18(15-6-8-20-9-7-15)22-23-19(25)28-14-17(26)21-13-16-5-3-12-27-16/h3,5-9,12H,4,10-11,13-14H2,1-2H3,(H,21,26)/p+1. The van der Waals surface area contributed by atoms with Crippen LogP contribution >= 0.6 is 11.8 Å². The highest BCUT2D eigenvalue weighted by Crippen LogP contribution is 2.23. The Morgan fingerprint density at radius 2 is 2.07 bits per heavy atom. The van der Waals surface area contributed by atoms with E-state index in [1.54, 1.807) is 24.7 Å². The zero-order chi connectivity index (χ0) is 19.8. The fourth-order valence-corrected chi connectivity index (χ4v) is 3.48. The van der Waals surface area contributed by atoms with Gasteiger partial charge < -0.3 is 19.2 Å². The maximum atomic E-state index is 12.2. The van der Waals surface area contributed by atoms with E-state index in [0.29, 0.717) is 6.54 Å². The van der Waals surface area contributed by atoms with Crippen molar-refractivity contribution in [1.29, 1.82) is 0 Å². The monoisotopic (exact) mass is 401 g/mol. The van der Waals surface area contributed by atoms with Gasteiger partial charge in [0, 0.05) is 30.9 Å². The van der Waals surface area contributed by atoms with Crippen molar-refractivity contribution in [2.24, 2.45) is 0 Å². The molecule has 0 aliphatic heterocycles. The number of rotatable bonds is 10. The van der Waals surface area contributed by atoms with Crippen molar-refractivity contribution < 1.29 is 14.1 Å². The Morgan fingerprint density at radius 1 is 1.25 bits per heavy atom. The van der Waals surface area contributed by atoms with E-state index in [2.05, 4.69) is 39.2 Å². The Balaban J connectivity index is 1.65. The van der Waals surface area contributed by atoms with Gasteiger partial charge in [0.2, 0.25) is 5.91 Å². The number of nitrogens with one attached hydrogen (secondary N) is 2. The average Bonchev–Trinajstić information content (AvgIpc) is 3.35. The van der Waals surface area contributed by atoms with Gasteiger partial charge in [-0.3, -0.25) is 9.78 Å². The zero-order valence-electron chi connectivity index (χ0n) is 16.1. The van der Waals surface area contributed by atoms with Gasteiger partial charge in [-0.1, -0.05) is 11.8 Å². The molecule has 3 rings (SSSR count). The summed E-state index contributed by atoms with van der Waals surface area (Å²) >= 11 is 1.39. The first-order valence-corrected chi connectivity index (χ1v) is 10.2. The molecule has 0 unspecified atom stereocenters. The van der Waals surface area contributed by atoms with Crippen LogP contribution in [0.4, 0.5) is 0 Å². The fourth-order valence-electron chi connectivity index (χ4n) is 2.68. The number of hydrogen-bond donors (Lipinski definition) is 2. The summed E-state index contributed by atoms with van der Waals surface area (Å²) in [5.74, 6) is 1.73. The molecule has 8 nitrogen and oxygen atoms in total. The van der Waals surface area contributed by atoms with Crippen LogP contribution in [0.3, 0.4) is 0 Å². The lowest BCUT2D eigenvalue weighted by atomic mass is 10.2. The van der Waals surface area contributed by atoms with Gasteiger partial charge in [0.25, 0.3) is 0 Å². The average molecular weight is 402 g/mol. The van der Waals surface area contributed by atoms with E-state index in [0.717, 1.165) is 41.8 Å². The fraction of sp³-hybridized carbons (Fsp3) is 0.368. The largest absolute Gasteiger partial charge is 0.467 e. The number of hydrogen-bond acceptors (Lipinski definition) is 6. The third-order valence-electron chi connectivity index (χ3n) is 4.09. The number of nitrogens with zero attached hydrogens (tertiary/aromatic N) is 4. The van der Waals surface area contributed by atoms with Gasteiger partial charge in [0.05, 0.1) is 39.2 Å². The van der Waals surface area contributed by atoms with Crippen LogP contribution in [0.5, 0.6) is 0 Å². The van der Waals surface area contributed by atoms with Gasteiger partial charge >= 0.3 is 0 Å². The molecule has 1 amide bonds. The van der Waals surface area contributed by atoms with Gasteiger partial charge in [-0.25, -0.2) is 0 Å². The Hall–Kier alpha value is -2.65. The van der Waals surface area contributed by atoms with E-state index in [9.17, 15) is 4.79 Å². The molecular weight excluding hydrogens is 376 g/mol. The lowest BCUT2D eigenvalue weighted by Crippen LogP contribution is -3.05. The highest BCUT2D eigenvalue weighted by Gasteiger charge is 2.16. The lowest BCUT2D eigenvalue weighted by molar-refractivity contribution is -0.858. The predicted molar refractivity (Wildman–Crippen MR) is 107 cm³/mol. The molecule has 0 fully saturated rings. The molecule has 0 radical (unpaired) electrons. The molecule has 148 valence electrons. The maximum Gasteiger partial charge on any atom is 0.230 e. The minimum absolute atomic E-state index is 0.0702. The molecule has 0 atom stereocenters. The van der Waals surface area contributed by atoms with E-state index < -0.39 is 0 Å². The van der Waals surface area contributed by atoms with E-state index in [1.165, 1.54) is 16.7 Å². The molecule has 9 heteroatoms. The summed E-state index contributed by atoms with van der Waals surface area (Å²) in [5, 5.41) is 12.3. The van der Waals surface area contributed by atoms with E-state index >= 15 is 0 Å². The second kappa shape index (κ2) is 10.0. The quantitative estimate of drug-likeness (QED) is 0.490. The summed E-state index contributed by atoms with van der Waals surface area (Å²) in [6.45, 7) is 2.22. The van der Waals surface area contributed by atoms with Crippen molar-refractivity contribution >= 4 is 17.7 Å². The predicted octanol–water partition coefficient (Wildman–Crippen LogP) is 0.876. The SMILES string of the molecule is C[NH+](C)CCCn1c(SCC(=O)NCc2ccco2)nnc1-c1ccncc1. The number of carbonyl (C=O) groups is 1. The number of furan rings is 1. The number of carbonyl (C=O) groups excluding carboxylic acids is 1. The normalized spacial score (nSPS) is 11.1. The Morgan fingerprint density at radius 3 is 2.79 bits per heavy atom. The molecule has 0 aliphatic rings. The van der Waals surface area contributed by atoms with Crippen molar-refractivity contribution in [3.63, 3.8) is 0 Å². The van der Waals surface area contributed by atoms with Crippen LogP contribution in [0.1, 0.15) is 12.2 Å². The first-order chi connectivity index (χ1) is 13.6. The molecular formula is C19H25N6O2S+. The van der Waals surface area contributed by atoms with Crippen LogP contribution in [0.2, 0.25) is 0 Å². The van der Waals surface area contributed by atoms with Crippen LogP contribution < -0.4 is 10.2 Å². The van der Waals surface area contributed by atoms with Crippen molar-refractivity contribution in [1.82, 2.24) is 25.1 Å². The van der Waals surface area contributed by atoms with Gasteiger partial charge in [-0.2, -0.15) is 0 Å². The van der Waals surface area contributed by atoms with Crippen molar-refractivity contribution in [2.75, 3.05) is 26.4 Å². The first-order valence-electron chi connectivity index (χ1n) is 9.18. The third kappa shape index (κ3) is 5.67. The highest BCUT2D eigenvalue weighted by molar-refractivity contribution is 7.99. The molecule has 0 aromatic carbocycles. The van der Waals surface area contributed by atoms with Gasteiger partial charge in [0.15, 0.2) is 11.0 Å². The maximum absolute atomic E-state index is 12.2. The number of thioether (sulfide) groups is 1. The van der Waals surface area contributed by atoms with Crippen LogP contribution in [0.25, 0.3) is 11.4 Å². The summed E-state index contributed by atoms with van der Waals surface area (Å²) in [6, 6.07) is 7.47. The lowest BCUT2D eigenvalue weighted by Gasteiger charge is -2.11. The number of aromatic nitrogens is 4. The third-order valence-corrected chi connectivity index (χ3v) is 5.05. The second-order valence-electron chi connectivity index (χ2n) is 6.65. The molecule has 3 aromatic heterocycles. The van der Waals surface area contributed by atoms with Gasteiger partial charge in [-0.15, -0.1) is 10.2 Å². The minimum atomic E-state index is -0.0702. The molecule has 2 N–H and O–H groups in total. The number of pyridine rings is 1. The Kier molecular flexibility index (Phi) is 7.21. The van der Waals surface area contributed by atoms with Crippen LogP contribution in [0, 0.1) is 0 Å². The molecule has 0 saturated carbocycles.